The lowest BCUT2D eigenvalue weighted by molar-refractivity contribution is 0.0982. The Labute approximate surface area is 114 Å². The SMILES string of the molecule is O=C(CCc1ccccc1)c1ccc(Br)c(F)c1. The number of carbonyl (C=O) groups is 1. The molecule has 0 aliphatic rings. The van der Waals surface area contributed by atoms with E-state index in [9.17, 15) is 9.18 Å². The fourth-order valence-electron chi connectivity index (χ4n) is 1.72. The molecule has 0 aromatic heterocycles. The zero-order valence-electron chi connectivity index (χ0n) is 9.70. The average Bonchev–Trinajstić information content (AvgIpc) is 2.40. The van der Waals surface area contributed by atoms with Gasteiger partial charge in [-0.3, -0.25) is 4.79 Å². The molecule has 0 N–H and O–H groups in total. The zero-order valence-corrected chi connectivity index (χ0v) is 11.3. The van der Waals surface area contributed by atoms with E-state index in [1.54, 1.807) is 12.1 Å². The number of Topliss-reactive ketones (excluding diaryl/α,β-unsaturated/α-hetero) is 1. The Bertz CT molecular complexity index is 552. The van der Waals surface area contributed by atoms with Crippen LogP contribution >= 0.6 is 15.9 Å². The van der Waals surface area contributed by atoms with Gasteiger partial charge in [0.15, 0.2) is 5.78 Å². The molecular weight excluding hydrogens is 295 g/mol. The lowest BCUT2D eigenvalue weighted by Crippen LogP contribution is -2.01. The maximum Gasteiger partial charge on any atom is 0.163 e. The molecule has 0 saturated carbocycles. The number of halogens is 2. The summed E-state index contributed by atoms with van der Waals surface area (Å²) in [5.41, 5.74) is 1.54. The molecule has 0 atom stereocenters. The Morgan fingerprint density at radius 2 is 1.83 bits per heavy atom. The van der Waals surface area contributed by atoms with Crippen molar-refractivity contribution in [2.24, 2.45) is 0 Å². The van der Waals surface area contributed by atoms with Gasteiger partial charge in [0, 0.05) is 12.0 Å². The fraction of sp³-hybridized carbons (Fsp3) is 0.133. The van der Waals surface area contributed by atoms with E-state index in [0.717, 1.165) is 5.56 Å². The molecule has 0 radical (unpaired) electrons. The lowest BCUT2D eigenvalue weighted by atomic mass is 10.0. The molecule has 0 unspecified atom stereocenters. The average molecular weight is 307 g/mol. The monoisotopic (exact) mass is 306 g/mol. The van der Waals surface area contributed by atoms with Crippen LogP contribution in [0.2, 0.25) is 0 Å². The summed E-state index contributed by atoms with van der Waals surface area (Å²) in [6.07, 6.45) is 1.07. The van der Waals surface area contributed by atoms with Crippen LogP contribution in [0.15, 0.2) is 53.0 Å². The van der Waals surface area contributed by atoms with Crippen molar-refractivity contribution in [2.45, 2.75) is 12.8 Å². The molecule has 0 aliphatic carbocycles. The summed E-state index contributed by atoms with van der Waals surface area (Å²) in [5.74, 6) is -0.439. The number of rotatable bonds is 4. The van der Waals surface area contributed by atoms with Gasteiger partial charge >= 0.3 is 0 Å². The van der Waals surface area contributed by atoms with Crippen LogP contribution < -0.4 is 0 Å². The summed E-state index contributed by atoms with van der Waals surface area (Å²) >= 11 is 3.07. The van der Waals surface area contributed by atoms with Crippen LogP contribution in [0, 0.1) is 5.82 Å². The molecule has 0 bridgehead atoms. The summed E-state index contributed by atoms with van der Waals surface area (Å²) in [4.78, 5) is 11.9. The van der Waals surface area contributed by atoms with Crippen molar-refractivity contribution in [2.75, 3.05) is 0 Å². The Kier molecular flexibility index (Phi) is 4.26. The second kappa shape index (κ2) is 5.91. The van der Waals surface area contributed by atoms with Crippen LogP contribution in [0.5, 0.6) is 0 Å². The van der Waals surface area contributed by atoms with Gasteiger partial charge in [-0.25, -0.2) is 4.39 Å². The zero-order chi connectivity index (χ0) is 13.0. The minimum absolute atomic E-state index is 0.0368. The first-order valence-corrected chi connectivity index (χ1v) is 6.48. The highest BCUT2D eigenvalue weighted by Crippen LogP contribution is 2.17. The number of ketones is 1. The molecule has 92 valence electrons. The summed E-state index contributed by atoms with van der Waals surface area (Å²) in [7, 11) is 0. The normalized spacial score (nSPS) is 10.3. The van der Waals surface area contributed by atoms with Crippen molar-refractivity contribution in [1.29, 1.82) is 0 Å². The minimum Gasteiger partial charge on any atom is -0.294 e. The summed E-state index contributed by atoms with van der Waals surface area (Å²) in [5, 5.41) is 0. The van der Waals surface area contributed by atoms with E-state index >= 15 is 0 Å². The van der Waals surface area contributed by atoms with Crippen LogP contribution in [0.4, 0.5) is 4.39 Å². The van der Waals surface area contributed by atoms with Crippen LogP contribution in [0.1, 0.15) is 22.3 Å². The highest BCUT2D eigenvalue weighted by atomic mass is 79.9. The Morgan fingerprint density at radius 1 is 1.11 bits per heavy atom. The number of aryl methyl sites for hydroxylation is 1. The van der Waals surface area contributed by atoms with Gasteiger partial charge in [-0.05, 0) is 40.0 Å². The quantitative estimate of drug-likeness (QED) is 0.765. The van der Waals surface area contributed by atoms with Gasteiger partial charge in [0.25, 0.3) is 0 Å². The van der Waals surface area contributed by atoms with E-state index in [-0.39, 0.29) is 5.78 Å². The van der Waals surface area contributed by atoms with E-state index in [2.05, 4.69) is 15.9 Å². The van der Waals surface area contributed by atoms with Crippen molar-refractivity contribution >= 4 is 21.7 Å². The van der Waals surface area contributed by atoms with E-state index in [1.807, 2.05) is 30.3 Å². The molecule has 18 heavy (non-hydrogen) atoms. The molecule has 0 heterocycles. The molecule has 0 amide bonds. The van der Waals surface area contributed by atoms with Crippen molar-refractivity contribution in [1.82, 2.24) is 0 Å². The molecule has 0 aliphatic heterocycles. The van der Waals surface area contributed by atoms with Gasteiger partial charge in [-0.15, -0.1) is 0 Å². The molecule has 0 fully saturated rings. The van der Waals surface area contributed by atoms with E-state index < -0.39 is 5.82 Å². The largest absolute Gasteiger partial charge is 0.294 e. The first-order chi connectivity index (χ1) is 8.66. The standard InChI is InChI=1S/C15H12BrFO/c16-13-8-7-12(10-14(13)17)15(18)9-6-11-4-2-1-3-5-11/h1-5,7-8,10H,6,9H2. The van der Waals surface area contributed by atoms with Crippen LogP contribution in [-0.2, 0) is 6.42 Å². The number of benzene rings is 2. The van der Waals surface area contributed by atoms with Crippen molar-refractivity contribution in [3.63, 3.8) is 0 Å². The minimum atomic E-state index is -0.402. The van der Waals surface area contributed by atoms with E-state index in [0.29, 0.717) is 22.9 Å². The Morgan fingerprint density at radius 3 is 2.50 bits per heavy atom. The van der Waals surface area contributed by atoms with Crippen molar-refractivity contribution < 1.29 is 9.18 Å². The predicted octanol–water partition coefficient (Wildman–Crippen LogP) is 4.40. The smallest absolute Gasteiger partial charge is 0.163 e. The van der Waals surface area contributed by atoms with Crippen LogP contribution in [-0.4, -0.2) is 5.78 Å². The highest BCUT2D eigenvalue weighted by Gasteiger charge is 2.08. The van der Waals surface area contributed by atoms with Gasteiger partial charge in [-0.2, -0.15) is 0 Å². The van der Waals surface area contributed by atoms with Gasteiger partial charge in [0.2, 0.25) is 0 Å². The highest BCUT2D eigenvalue weighted by molar-refractivity contribution is 9.10. The summed E-state index contributed by atoms with van der Waals surface area (Å²) in [6.45, 7) is 0. The van der Waals surface area contributed by atoms with Gasteiger partial charge in [0.1, 0.15) is 5.82 Å². The third-order valence-electron chi connectivity index (χ3n) is 2.73. The van der Waals surface area contributed by atoms with Crippen molar-refractivity contribution in [3.05, 3.63) is 69.9 Å². The first-order valence-electron chi connectivity index (χ1n) is 5.69. The number of carbonyl (C=O) groups excluding carboxylic acids is 1. The maximum atomic E-state index is 13.3. The molecule has 2 aromatic carbocycles. The lowest BCUT2D eigenvalue weighted by Gasteiger charge is -2.03. The molecule has 3 heteroatoms. The fourth-order valence-corrected chi connectivity index (χ4v) is 1.96. The predicted molar refractivity (Wildman–Crippen MR) is 73.2 cm³/mol. The molecule has 1 nitrogen and oxygen atoms in total. The van der Waals surface area contributed by atoms with Gasteiger partial charge in [0.05, 0.1) is 4.47 Å². The number of hydrogen-bond acceptors (Lipinski definition) is 1. The second-order valence-electron chi connectivity index (χ2n) is 4.04. The van der Waals surface area contributed by atoms with Crippen molar-refractivity contribution in [3.8, 4) is 0 Å². The van der Waals surface area contributed by atoms with E-state index in [4.69, 9.17) is 0 Å². The third kappa shape index (κ3) is 3.26. The van der Waals surface area contributed by atoms with Crippen LogP contribution in [0.3, 0.4) is 0 Å². The Hall–Kier alpha value is -1.48. The maximum absolute atomic E-state index is 13.3. The van der Waals surface area contributed by atoms with E-state index in [1.165, 1.54) is 6.07 Å². The Balaban J connectivity index is 2.02. The molecule has 0 saturated heterocycles. The molecule has 2 aromatic rings. The first kappa shape index (κ1) is 13.0. The number of hydrogen-bond donors (Lipinski definition) is 0. The molecule has 2 rings (SSSR count). The summed E-state index contributed by atoms with van der Waals surface area (Å²) in [6, 6.07) is 14.3. The molecular formula is C15H12BrFO. The van der Waals surface area contributed by atoms with Gasteiger partial charge in [-0.1, -0.05) is 36.4 Å². The summed E-state index contributed by atoms with van der Waals surface area (Å²) < 4.78 is 13.7. The topological polar surface area (TPSA) is 17.1 Å². The van der Waals surface area contributed by atoms with Crippen LogP contribution in [0.25, 0.3) is 0 Å². The second-order valence-corrected chi connectivity index (χ2v) is 4.89. The molecule has 0 spiro atoms. The third-order valence-corrected chi connectivity index (χ3v) is 3.37. The van der Waals surface area contributed by atoms with Gasteiger partial charge < -0.3 is 0 Å².